The minimum absolute atomic E-state index is 0.0885. The molecule has 1 aromatic heterocycles. The maximum Gasteiger partial charge on any atom is 0.317 e. The summed E-state index contributed by atoms with van der Waals surface area (Å²) in [7, 11) is 5.54. The third kappa shape index (κ3) is 4.75. The van der Waals surface area contributed by atoms with Gasteiger partial charge in [0.15, 0.2) is 11.6 Å². The van der Waals surface area contributed by atoms with E-state index >= 15 is 0 Å². The van der Waals surface area contributed by atoms with Crippen molar-refractivity contribution in [2.75, 3.05) is 27.7 Å². The number of carbonyl (C=O) groups excluding carboxylic acids is 1. The van der Waals surface area contributed by atoms with Gasteiger partial charge in [-0.2, -0.15) is 0 Å². The number of urea groups is 1. The molecule has 130 valence electrons. The summed E-state index contributed by atoms with van der Waals surface area (Å²) in [6, 6.07) is 7.48. The van der Waals surface area contributed by atoms with Gasteiger partial charge in [-0.15, -0.1) is 11.3 Å². The number of nitrogens with one attached hydrogen (secondary N) is 1. The molecule has 24 heavy (non-hydrogen) atoms. The molecule has 7 heteroatoms. The van der Waals surface area contributed by atoms with E-state index < -0.39 is 11.6 Å². The zero-order valence-corrected chi connectivity index (χ0v) is 14.7. The van der Waals surface area contributed by atoms with Gasteiger partial charge in [-0.25, -0.2) is 13.6 Å². The van der Waals surface area contributed by atoms with E-state index in [1.165, 1.54) is 15.8 Å². The van der Waals surface area contributed by atoms with Crippen LogP contribution in [0, 0.1) is 11.6 Å². The van der Waals surface area contributed by atoms with E-state index in [0.717, 1.165) is 12.1 Å². The van der Waals surface area contributed by atoms with Gasteiger partial charge < -0.3 is 15.1 Å². The largest absolute Gasteiger partial charge is 0.336 e. The van der Waals surface area contributed by atoms with Gasteiger partial charge in [0.2, 0.25) is 0 Å². The molecule has 0 saturated carbocycles. The van der Waals surface area contributed by atoms with E-state index in [0.29, 0.717) is 12.1 Å². The normalized spacial score (nSPS) is 12.2. The van der Waals surface area contributed by atoms with Crippen LogP contribution in [0.5, 0.6) is 0 Å². The Bertz CT molecular complexity index is 676. The molecular weight excluding hydrogens is 332 g/mol. The van der Waals surface area contributed by atoms with Crippen molar-refractivity contribution in [2.45, 2.75) is 12.6 Å². The van der Waals surface area contributed by atoms with Gasteiger partial charge in [-0.1, -0.05) is 12.1 Å². The number of carbonyl (C=O) groups is 1. The second-order valence-electron chi connectivity index (χ2n) is 5.79. The quantitative estimate of drug-likeness (QED) is 0.863. The zero-order chi connectivity index (χ0) is 17.7. The number of benzene rings is 1. The summed E-state index contributed by atoms with van der Waals surface area (Å²) < 4.78 is 26.2. The Morgan fingerprint density at radius 1 is 1.21 bits per heavy atom. The van der Waals surface area contributed by atoms with Crippen LogP contribution in [0.4, 0.5) is 13.6 Å². The Balaban J connectivity index is 1.92. The average Bonchev–Trinajstić information content (AvgIpc) is 3.04. The van der Waals surface area contributed by atoms with Gasteiger partial charge in [0.1, 0.15) is 0 Å². The molecule has 0 aliphatic heterocycles. The summed E-state index contributed by atoms with van der Waals surface area (Å²) in [4.78, 5) is 16.9. The standard InChI is InChI=1S/C17H21F2N3OS/c1-21(2)15(16-5-4-8-24-16)10-20-17(23)22(3)11-12-6-7-13(18)14(19)9-12/h4-9,15H,10-11H2,1-3H3,(H,20,23). The molecule has 0 fully saturated rings. The highest BCUT2D eigenvalue weighted by Gasteiger charge is 2.17. The van der Waals surface area contributed by atoms with Gasteiger partial charge in [0.05, 0.1) is 6.04 Å². The van der Waals surface area contributed by atoms with Crippen LogP contribution >= 0.6 is 11.3 Å². The Morgan fingerprint density at radius 2 is 1.96 bits per heavy atom. The molecule has 2 amide bonds. The summed E-state index contributed by atoms with van der Waals surface area (Å²) in [6.07, 6.45) is 0. The molecule has 2 rings (SSSR count). The summed E-state index contributed by atoms with van der Waals surface area (Å²) in [6.45, 7) is 0.670. The highest BCUT2D eigenvalue weighted by molar-refractivity contribution is 7.10. The topological polar surface area (TPSA) is 35.6 Å². The number of hydrogen-bond acceptors (Lipinski definition) is 3. The zero-order valence-electron chi connectivity index (χ0n) is 13.9. The van der Waals surface area contributed by atoms with E-state index in [1.807, 2.05) is 36.5 Å². The van der Waals surface area contributed by atoms with Crippen molar-refractivity contribution in [3.63, 3.8) is 0 Å². The van der Waals surface area contributed by atoms with Crippen molar-refractivity contribution in [1.29, 1.82) is 0 Å². The van der Waals surface area contributed by atoms with Crippen LogP contribution in [0.25, 0.3) is 0 Å². The van der Waals surface area contributed by atoms with E-state index in [9.17, 15) is 13.6 Å². The lowest BCUT2D eigenvalue weighted by Gasteiger charge is -2.25. The van der Waals surface area contributed by atoms with E-state index in [1.54, 1.807) is 18.4 Å². The molecule has 4 nitrogen and oxygen atoms in total. The first-order valence-electron chi connectivity index (χ1n) is 7.51. The predicted octanol–water partition coefficient (Wildman–Crippen LogP) is 3.47. The monoisotopic (exact) mass is 353 g/mol. The van der Waals surface area contributed by atoms with Gasteiger partial charge in [-0.05, 0) is 43.2 Å². The molecule has 1 N–H and O–H groups in total. The number of halogens is 2. The first kappa shape index (κ1) is 18.4. The lowest BCUT2D eigenvalue weighted by molar-refractivity contribution is 0.201. The van der Waals surface area contributed by atoms with Gasteiger partial charge in [0, 0.05) is 25.0 Å². The summed E-state index contributed by atoms with van der Waals surface area (Å²) in [5.41, 5.74) is 0.536. The van der Waals surface area contributed by atoms with Crippen LogP contribution in [-0.4, -0.2) is 43.5 Å². The SMILES string of the molecule is CN(Cc1ccc(F)c(F)c1)C(=O)NCC(c1cccs1)N(C)C. The summed E-state index contributed by atoms with van der Waals surface area (Å²) in [5.74, 6) is -1.80. The first-order chi connectivity index (χ1) is 11.4. The molecule has 1 atom stereocenters. The number of likely N-dealkylation sites (N-methyl/N-ethyl adjacent to an activating group) is 1. The Morgan fingerprint density at radius 3 is 2.54 bits per heavy atom. The maximum atomic E-state index is 13.2. The number of amides is 2. The van der Waals surface area contributed by atoms with Crippen molar-refractivity contribution in [2.24, 2.45) is 0 Å². The second-order valence-corrected chi connectivity index (χ2v) is 6.76. The first-order valence-corrected chi connectivity index (χ1v) is 8.39. The van der Waals surface area contributed by atoms with Crippen LogP contribution in [0.1, 0.15) is 16.5 Å². The summed E-state index contributed by atoms with van der Waals surface area (Å²) in [5, 5.41) is 4.89. The molecule has 2 aromatic rings. The van der Waals surface area contributed by atoms with Crippen LogP contribution in [0.3, 0.4) is 0 Å². The number of hydrogen-bond donors (Lipinski definition) is 1. The highest BCUT2D eigenvalue weighted by Crippen LogP contribution is 2.22. The van der Waals surface area contributed by atoms with Gasteiger partial charge >= 0.3 is 6.03 Å². The Kier molecular flexibility index (Phi) is 6.28. The Labute approximate surface area is 144 Å². The third-order valence-electron chi connectivity index (χ3n) is 3.69. The third-order valence-corrected chi connectivity index (χ3v) is 4.67. The highest BCUT2D eigenvalue weighted by atomic mass is 32.1. The molecule has 0 aliphatic rings. The van der Waals surface area contributed by atoms with Crippen molar-refractivity contribution < 1.29 is 13.6 Å². The van der Waals surface area contributed by atoms with E-state index in [-0.39, 0.29) is 18.6 Å². The fourth-order valence-corrected chi connectivity index (χ4v) is 3.24. The second kappa shape index (κ2) is 8.21. The van der Waals surface area contributed by atoms with Crippen molar-refractivity contribution >= 4 is 17.4 Å². The molecule has 0 radical (unpaired) electrons. The average molecular weight is 353 g/mol. The molecule has 0 saturated heterocycles. The van der Waals surface area contributed by atoms with Crippen LogP contribution in [0.2, 0.25) is 0 Å². The lowest BCUT2D eigenvalue weighted by Crippen LogP contribution is -2.41. The minimum Gasteiger partial charge on any atom is -0.336 e. The van der Waals surface area contributed by atoms with Crippen LogP contribution in [0.15, 0.2) is 35.7 Å². The fraction of sp³-hybridized carbons (Fsp3) is 0.353. The molecule has 1 unspecified atom stereocenters. The fourth-order valence-electron chi connectivity index (χ4n) is 2.32. The molecular formula is C17H21F2N3OS. The Hall–Kier alpha value is -1.99. The smallest absolute Gasteiger partial charge is 0.317 e. The molecule has 1 aromatic carbocycles. The van der Waals surface area contributed by atoms with Crippen molar-refractivity contribution in [1.82, 2.24) is 15.1 Å². The molecule has 0 aliphatic carbocycles. The number of thiophene rings is 1. The number of rotatable bonds is 6. The lowest BCUT2D eigenvalue weighted by atomic mass is 10.2. The molecule has 0 bridgehead atoms. The minimum atomic E-state index is -0.910. The molecule has 1 heterocycles. The predicted molar refractivity (Wildman–Crippen MR) is 92.0 cm³/mol. The van der Waals surface area contributed by atoms with E-state index in [4.69, 9.17) is 0 Å². The van der Waals surface area contributed by atoms with Crippen LogP contribution < -0.4 is 5.32 Å². The number of nitrogens with zero attached hydrogens (tertiary/aromatic N) is 2. The van der Waals surface area contributed by atoms with Gasteiger partial charge in [0.25, 0.3) is 0 Å². The van der Waals surface area contributed by atoms with E-state index in [2.05, 4.69) is 5.32 Å². The maximum absolute atomic E-state index is 13.2. The molecule has 0 spiro atoms. The summed E-state index contributed by atoms with van der Waals surface area (Å²) >= 11 is 1.64. The van der Waals surface area contributed by atoms with Crippen molar-refractivity contribution in [3.8, 4) is 0 Å². The van der Waals surface area contributed by atoms with Gasteiger partial charge in [-0.3, -0.25) is 0 Å². The van der Waals surface area contributed by atoms with Crippen molar-refractivity contribution in [3.05, 3.63) is 57.8 Å². The van der Waals surface area contributed by atoms with Crippen LogP contribution in [-0.2, 0) is 6.54 Å².